The van der Waals surface area contributed by atoms with Crippen LogP contribution < -0.4 is 4.72 Å². The van der Waals surface area contributed by atoms with Crippen LogP contribution in [0.4, 0.5) is 0 Å². The molecule has 0 unspecified atom stereocenters. The fourth-order valence-electron chi connectivity index (χ4n) is 1.94. The molecule has 0 amide bonds. The van der Waals surface area contributed by atoms with Gasteiger partial charge in [-0.15, -0.1) is 10.2 Å². The third kappa shape index (κ3) is 3.01. The van der Waals surface area contributed by atoms with Crippen LogP contribution in [0, 0.1) is 0 Å². The van der Waals surface area contributed by atoms with E-state index in [4.69, 9.17) is 0 Å². The highest BCUT2D eigenvalue weighted by molar-refractivity contribution is 7.89. The number of benzene rings is 1. The summed E-state index contributed by atoms with van der Waals surface area (Å²) in [5.74, 6) is 0.366. The molecule has 1 N–H and O–H groups in total. The number of nitrogens with zero attached hydrogens (tertiary/aromatic N) is 4. The van der Waals surface area contributed by atoms with Crippen molar-refractivity contribution in [3.63, 3.8) is 0 Å². The van der Waals surface area contributed by atoms with Crippen LogP contribution >= 0.6 is 11.3 Å². The van der Waals surface area contributed by atoms with Crippen LogP contribution in [0.5, 0.6) is 0 Å². The SMILES string of the molecule is CC(C)c1ccc(S(=O)(=O)NCc2nn3cnnc3s2)cc1. The van der Waals surface area contributed by atoms with Crippen molar-refractivity contribution in [1.82, 2.24) is 24.5 Å². The molecule has 0 saturated carbocycles. The molecule has 1 aromatic carbocycles. The van der Waals surface area contributed by atoms with E-state index >= 15 is 0 Å². The zero-order valence-corrected chi connectivity index (χ0v) is 13.7. The van der Waals surface area contributed by atoms with Gasteiger partial charge in [-0.3, -0.25) is 0 Å². The van der Waals surface area contributed by atoms with Crippen LogP contribution in [-0.2, 0) is 16.6 Å². The van der Waals surface area contributed by atoms with Crippen molar-refractivity contribution in [2.45, 2.75) is 31.2 Å². The number of hydrogen-bond acceptors (Lipinski definition) is 6. The molecule has 3 aromatic rings. The van der Waals surface area contributed by atoms with Crippen molar-refractivity contribution in [2.75, 3.05) is 0 Å². The van der Waals surface area contributed by atoms with Crippen molar-refractivity contribution < 1.29 is 8.42 Å². The average Bonchev–Trinajstić information content (AvgIpc) is 3.06. The second kappa shape index (κ2) is 5.75. The lowest BCUT2D eigenvalue weighted by molar-refractivity contribution is 0.580. The third-order valence-corrected chi connectivity index (χ3v) is 5.53. The summed E-state index contributed by atoms with van der Waals surface area (Å²) in [6.45, 7) is 4.26. The van der Waals surface area contributed by atoms with Crippen LogP contribution in [0.2, 0.25) is 0 Å². The van der Waals surface area contributed by atoms with Crippen LogP contribution in [0.1, 0.15) is 30.3 Å². The van der Waals surface area contributed by atoms with Crippen molar-refractivity contribution in [3.8, 4) is 0 Å². The number of fused-ring (bicyclic) bond motifs is 1. The van der Waals surface area contributed by atoms with E-state index in [1.807, 2.05) is 12.1 Å². The molecule has 0 radical (unpaired) electrons. The van der Waals surface area contributed by atoms with Gasteiger partial charge in [0.2, 0.25) is 15.0 Å². The second-order valence-corrected chi connectivity index (χ2v) is 7.91. The molecule has 0 aliphatic rings. The van der Waals surface area contributed by atoms with Crippen molar-refractivity contribution in [1.29, 1.82) is 0 Å². The minimum Gasteiger partial charge on any atom is -0.207 e. The first kappa shape index (κ1) is 15.1. The average molecular weight is 337 g/mol. The zero-order chi connectivity index (χ0) is 15.7. The standard InChI is InChI=1S/C13H15N5O2S2/c1-9(2)10-3-5-11(6-4-10)22(19,20)15-7-12-17-18-8-14-16-13(18)21-12/h3-6,8-9,15H,7H2,1-2H3. The molecule has 0 spiro atoms. The Hall–Kier alpha value is -1.84. The third-order valence-electron chi connectivity index (χ3n) is 3.20. The molecule has 9 heteroatoms. The van der Waals surface area contributed by atoms with Gasteiger partial charge in [-0.25, -0.2) is 13.1 Å². The van der Waals surface area contributed by atoms with Gasteiger partial charge in [-0.2, -0.15) is 9.61 Å². The molecular weight excluding hydrogens is 322 g/mol. The predicted molar refractivity (Wildman–Crippen MR) is 83.2 cm³/mol. The maximum atomic E-state index is 12.3. The molecule has 2 heterocycles. The molecular formula is C13H15N5O2S2. The van der Waals surface area contributed by atoms with Gasteiger partial charge >= 0.3 is 0 Å². The topological polar surface area (TPSA) is 89.2 Å². The maximum Gasteiger partial charge on any atom is 0.240 e. The monoisotopic (exact) mass is 337 g/mol. The highest BCUT2D eigenvalue weighted by Gasteiger charge is 2.15. The Morgan fingerprint density at radius 3 is 2.64 bits per heavy atom. The quantitative estimate of drug-likeness (QED) is 0.766. The first-order valence-electron chi connectivity index (χ1n) is 6.71. The van der Waals surface area contributed by atoms with E-state index in [1.165, 1.54) is 22.2 Å². The minimum atomic E-state index is -3.55. The van der Waals surface area contributed by atoms with Crippen LogP contribution in [0.25, 0.3) is 4.96 Å². The Kier molecular flexibility index (Phi) is 3.94. The summed E-state index contributed by atoms with van der Waals surface area (Å²) < 4.78 is 28.6. The fourth-order valence-corrected chi connectivity index (χ4v) is 3.78. The summed E-state index contributed by atoms with van der Waals surface area (Å²) in [7, 11) is -3.55. The number of hydrogen-bond donors (Lipinski definition) is 1. The lowest BCUT2D eigenvalue weighted by atomic mass is 10.0. The van der Waals surface area contributed by atoms with Gasteiger partial charge in [0.1, 0.15) is 11.3 Å². The lowest BCUT2D eigenvalue weighted by Crippen LogP contribution is -2.23. The van der Waals surface area contributed by atoms with Crippen LogP contribution in [0.3, 0.4) is 0 Å². The van der Waals surface area contributed by atoms with E-state index in [-0.39, 0.29) is 11.4 Å². The van der Waals surface area contributed by atoms with E-state index in [0.29, 0.717) is 15.9 Å². The van der Waals surface area contributed by atoms with E-state index in [0.717, 1.165) is 5.56 Å². The number of nitrogens with one attached hydrogen (secondary N) is 1. The van der Waals surface area contributed by atoms with E-state index in [2.05, 4.69) is 33.9 Å². The molecule has 0 aliphatic carbocycles. The summed E-state index contributed by atoms with van der Waals surface area (Å²) in [5.41, 5.74) is 1.10. The minimum absolute atomic E-state index is 0.127. The Labute approximate surface area is 132 Å². The van der Waals surface area contributed by atoms with E-state index in [1.54, 1.807) is 12.1 Å². The number of aromatic nitrogens is 4. The lowest BCUT2D eigenvalue weighted by Gasteiger charge is -2.08. The highest BCUT2D eigenvalue weighted by Crippen LogP contribution is 2.18. The Morgan fingerprint density at radius 1 is 1.27 bits per heavy atom. The molecule has 0 saturated heterocycles. The predicted octanol–water partition coefficient (Wildman–Crippen LogP) is 1.79. The molecule has 22 heavy (non-hydrogen) atoms. The van der Waals surface area contributed by atoms with Gasteiger partial charge in [0, 0.05) is 0 Å². The second-order valence-electron chi connectivity index (χ2n) is 5.10. The van der Waals surface area contributed by atoms with E-state index < -0.39 is 10.0 Å². The summed E-state index contributed by atoms with van der Waals surface area (Å²) in [5, 5.41) is 12.4. The van der Waals surface area contributed by atoms with Crippen molar-refractivity contribution >= 4 is 26.3 Å². The molecule has 2 aromatic heterocycles. The number of sulfonamides is 1. The summed E-state index contributed by atoms with van der Waals surface area (Å²) in [6.07, 6.45) is 1.48. The normalized spacial score (nSPS) is 12.3. The first-order valence-corrected chi connectivity index (χ1v) is 9.01. The smallest absolute Gasteiger partial charge is 0.207 e. The number of rotatable bonds is 5. The van der Waals surface area contributed by atoms with Gasteiger partial charge in [-0.05, 0) is 23.6 Å². The zero-order valence-electron chi connectivity index (χ0n) is 12.1. The van der Waals surface area contributed by atoms with Crippen molar-refractivity contribution in [3.05, 3.63) is 41.2 Å². The van der Waals surface area contributed by atoms with Crippen LogP contribution in [0.15, 0.2) is 35.5 Å². The maximum absolute atomic E-state index is 12.3. The molecule has 0 fully saturated rings. The van der Waals surface area contributed by atoms with Gasteiger partial charge < -0.3 is 0 Å². The van der Waals surface area contributed by atoms with Crippen molar-refractivity contribution in [2.24, 2.45) is 0 Å². The van der Waals surface area contributed by atoms with Gasteiger partial charge in [-0.1, -0.05) is 37.3 Å². The Bertz CT molecular complexity index is 852. The molecule has 116 valence electrons. The first-order chi connectivity index (χ1) is 10.5. The van der Waals surface area contributed by atoms with Gasteiger partial charge in [0.25, 0.3) is 0 Å². The molecule has 7 nitrogen and oxygen atoms in total. The molecule has 0 bridgehead atoms. The Morgan fingerprint density at radius 2 is 2.00 bits per heavy atom. The van der Waals surface area contributed by atoms with Gasteiger partial charge in [0.15, 0.2) is 0 Å². The summed E-state index contributed by atoms with van der Waals surface area (Å²) in [6, 6.07) is 6.91. The largest absolute Gasteiger partial charge is 0.240 e. The van der Waals surface area contributed by atoms with E-state index in [9.17, 15) is 8.42 Å². The molecule has 3 rings (SSSR count). The summed E-state index contributed by atoms with van der Waals surface area (Å²) >= 11 is 1.30. The fraction of sp³-hybridized carbons (Fsp3) is 0.308. The highest BCUT2D eigenvalue weighted by atomic mass is 32.2. The van der Waals surface area contributed by atoms with Crippen LogP contribution in [-0.4, -0.2) is 28.2 Å². The Balaban J connectivity index is 1.73. The molecule has 0 aliphatic heterocycles. The van der Waals surface area contributed by atoms with Gasteiger partial charge in [0.05, 0.1) is 11.4 Å². The summed E-state index contributed by atoms with van der Waals surface area (Å²) in [4.78, 5) is 0.885. The molecule has 0 atom stereocenters.